The molecule has 27 heavy (non-hydrogen) atoms. The van der Waals surface area contributed by atoms with Gasteiger partial charge < -0.3 is 15.4 Å². The molecule has 0 aliphatic heterocycles. The molecule has 0 radical (unpaired) electrons. The van der Waals surface area contributed by atoms with Crippen LogP contribution in [0.1, 0.15) is 44.7 Å². The Morgan fingerprint density at radius 2 is 2.00 bits per heavy atom. The first-order chi connectivity index (χ1) is 12.8. The first kappa shape index (κ1) is 23.3. The summed E-state index contributed by atoms with van der Waals surface area (Å²) in [5, 5.41) is 6.27. The van der Waals surface area contributed by atoms with Gasteiger partial charge in [0.05, 0.1) is 12.4 Å². The number of sulfone groups is 1. The molecule has 6 nitrogen and oxygen atoms in total. The van der Waals surface area contributed by atoms with E-state index in [-0.39, 0.29) is 11.5 Å². The summed E-state index contributed by atoms with van der Waals surface area (Å²) in [5.41, 5.74) is 2.21. The minimum Gasteiger partial charge on any atom is -0.493 e. The lowest BCUT2D eigenvalue weighted by atomic mass is 10.1. The Labute approximate surface area is 164 Å². The molecule has 0 bridgehead atoms. The quantitative estimate of drug-likeness (QED) is 0.341. The predicted molar refractivity (Wildman–Crippen MR) is 113 cm³/mol. The monoisotopic (exact) mass is 397 g/mol. The Bertz CT molecular complexity index is 700. The van der Waals surface area contributed by atoms with Gasteiger partial charge in [0.1, 0.15) is 5.75 Å². The van der Waals surface area contributed by atoms with Gasteiger partial charge in [0.2, 0.25) is 0 Å². The number of nitrogens with zero attached hydrogens (tertiary/aromatic N) is 1. The third-order valence-corrected chi connectivity index (χ3v) is 5.93. The van der Waals surface area contributed by atoms with Gasteiger partial charge in [-0.25, -0.2) is 8.42 Å². The zero-order valence-electron chi connectivity index (χ0n) is 17.3. The number of aryl methyl sites for hydroxylation is 1. The Hall–Kier alpha value is -1.76. The van der Waals surface area contributed by atoms with Crippen molar-refractivity contribution in [1.82, 2.24) is 10.6 Å². The number of hydrogen-bond acceptors (Lipinski definition) is 4. The fraction of sp³-hybridized carbons (Fsp3) is 0.650. The molecule has 0 aromatic heterocycles. The number of aliphatic imine (C=N–C) groups is 1. The lowest BCUT2D eigenvalue weighted by Gasteiger charge is -2.16. The van der Waals surface area contributed by atoms with E-state index in [4.69, 9.17) is 4.74 Å². The summed E-state index contributed by atoms with van der Waals surface area (Å²) in [5.74, 6) is 2.39. The molecule has 0 atom stereocenters. The first-order valence-corrected chi connectivity index (χ1v) is 11.5. The molecule has 0 heterocycles. The third-order valence-electron chi connectivity index (χ3n) is 4.22. The molecule has 1 aromatic rings. The lowest BCUT2D eigenvalue weighted by molar-refractivity contribution is 0.294. The highest BCUT2D eigenvalue weighted by molar-refractivity contribution is 7.91. The van der Waals surface area contributed by atoms with Gasteiger partial charge in [0.25, 0.3) is 0 Å². The highest BCUT2D eigenvalue weighted by Crippen LogP contribution is 2.21. The van der Waals surface area contributed by atoms with E-state index in [0.717, 1.165) is 29.7 Å². The largest absolute Gasteiger partial charge is 0.493 e. The second kappa shape index (κ2) is 11.8. The van der Waals surface area contributed by atoms with E-state index in [1.54, 1.807) is 14.0 Å². The molecule has 0 aliphatic carbocycles. The molecule has 2 N–H and O–H groups in total. The SMILES string of the molecule is CCS(=O)(=O)CCNC(=NC)NCc1ccc(C)cc1OCCCC(C)C. The molecule has 0 saturated heterocycles. The zero-order valence-corrected chi connectivity index (χ0v) is 18.2. The molecule has 0 saturated carbocycles. The number of rotatable bonds is 11. The molecular formula is C20H35N3O3S. The van der Waals surface area contributed by atoms with E-state index in [1.165, 1.54) is 0 Å². The summed E-state index contributed by atoms with van der Waals surface area (Å²) < 4.78 is 29.1. The van der Waals surface area contributed by atoms with Gasteiger partial charge in [-0.05, 0) is 37.3 Å². The average molecular weight is 398 g/mol. The van der Waals surface area contributed by atoms with Crippen LogP contribution in [0.2, 0.25) is 0 Å². The first-order valence-electron chi connectivity index (χ1n) is 9.64. The average Bonchev–Trinajstić information content (AvgIpc) is 2.62. The highest BCUT2D eigenvalue weighted by atomic mass is 32.2. The van der Waals surface area contributed by atoms with Gasteiger partial charge in [-0.3, -0.25) is 4.99 Å². The molecule has 0 amide bonds. The standard InChI is InChI=1S/C20H35N3O3S/c1-6-27(24,25)13-11-22-20(21-5)23-15-18-10-9-17(4)14-19(18)26-12-7-8-16(2)3/h9-10,14,16H,6-8,11-13,15H2,1-5H3,(H2,21,22,23). The maximum absolute atomic E-state index is 11.6. The van der Waals surface area contributed by atoms with Crippen molar-refractivity contribution in [2.24, 2.45) is 10.9 Å². The van der Waals surface area contributed by atoms with Gasteiger partial charge in [-0.1, -0.05) is 32.9 Å². The van der Waals surface area contributed by atoms with Crippen molar-refractivity contribution in [3.63, 3.8) is 0 Å². The molecule has 0 spiro atoms. The van der Waals surface area contributed by atoms with Crippen molar-refractivity contribution in [3.05, 3.63) is 29.3 Å². The van der Waals surface area contributed by atoms with Crippen molar-refractivity contribution in [2.45, 2.75) is 47.1 Å². The number of benzene rings is 1. The van der Waals surface area contributed by atoms with E-state index in [1.807, 2.05) is 6.92 Å². The molecule has 0 unspecified atom stereocenters. The van der Waals surface area contributed by atoms with Crippen molar-refractivity contribution in [3.8, 4) is 5.75 Å². The topological polar surface area (TPSA) is 79.8 Å². The summed E-state index contributed by atoms with van der Waals surface area (Å²) in [6.07, 6.45) is 2.18. The lowest BCUT2D eigenvalue weighted by Crippen LogP contribution is -2.39. The minimum absolute atomic E-state index is 0.0962. The van der Waals surface area contributed by atoms with Crippen molar-refractivity contribution in [1.29, 1.82) is 0 Å². The van der Waals surface area contributed by atoms with Crippen LogP contribution in [0.25, 0.3) is 0 Å². The van der Waals surface area contributed by atoms with E-state index in [0.29, 0.717) is 31.6 Å². The zero-order chi connectivity index (χ0) is 20.3. The summed E-state index contributed by atoms with van der Waals surface area (Å²) in [7, 11) is -1.32. The number of hydrogen-bond donors (Lipinski definition) is 2. The molecule has 1 aromatic carbocycles. The number of nitrogens with one attached hydrogen (secondary N) is 2. The Morgan fingerprint density at radius 1 is 1.26 bits per heavy atom. The maximum Gasteiger partial charge on any atom is 0.191 e. The second-order valence-corrected chi connectivity index (χ2v) is 9.56. The van der Waals surface area contributed by atoms with E-state index >= 15 is 0 Å². The van der Waals surface area contributed by atoms with Crippen LogP contribution in [0.3, 0.4) is 0 Å². The van der Waals surface area contributed by atoms with Crippen LogP contribution in [0.4, 0.5) is 0 Å². The van der Waals surface area contributed by atoms with Crippen molar-refractivity contribution < 1.29 is 13.2 Å². The van der Waals surface area contributed by atoms with Crippen molar-refractivity contribution in [2.75, 3.05) is 31.7 Å². The fourth-order valence-electron chi connectivity index (χ4n) is 2.48. The van der Waals surface area contributed by atoms with Gasteiger partial charge >= 0.3 is 0 Å². The summed E-state index contributed by atoms with van der Waals surface area (Å²) >= 11 is 0. The van der Waals surface area contributed by atoms with Crippen LogP contribution in [0.15, 0.2) is 23.2 Å². The van der Waals surface area contributed by atoms with Gasteiger partial charge in [-0.15, -0.1) is 0 Å². The molecule has 7 heteroatoms. The van der Waals surface area contributed by atoms with Crippen LogP contribution < -0.4 is 15.4 Å². The van der Waals surface area contributed by atoms with E-state index < -0.39 is 9.84 Å². The Balaban J connectivity index is 2.58. The van der Waals surface area contributed by atoms with Gasteiger partial charge in [-0.2, -0.15) is 0 Å². The van der Waals surface area contributed by atoms with Gasteiger partial charge in [0.15, 0.2) is 15.8 Å². The fourth-order valence-corrected chi connectivity index (χ4v) is 3.19. The van der Waals surface area contributed by atoms with E-state index in [9.17, 15) is 8.42 Å². The molecule has 154 valence electrons. The smallest absolute Gasteiger partial charge is 0.191 e. The third kappa shape index (κ3) is 9.65. The summed E-state index contributed by atoms with van der Waals surface area (Å²) in [6, 6.07) is 6.16. The molecule has 1 rings (SSSR count). The highest BCUT2D eigenvalue weighted by Gasteiger charge is 2.09. The van der Waals surface area contributed by atoms with Crippen LogP contribution >= 0.6 is 0 Å². The Morgan fingerprint density at radius 3 is 2.63 bits per heavy atom. The summed E-state index contributed by atoms with van der Waals surface area (Å²) in [6.45, 7) is 9.73. The predicted octanol–water partition coefficient (Wildman–Crippen LogP) is 2.91. The summed E-state index contributed by atoms with van der Waals surface area (Å²) in [4.78, 5) is 4.15. The van der Waals surface area contributed by atoms with Crippen LogP contribution in [0.5, 0.6) is 5.75 Å². The minimum atomic E-state index is -2.99. The number of ether oxygens (including phenoxy) is 1. The maximum atomic E-state index is 11.6. The molecule has 0 fully saturated rings. The van der Waals surface area contributed by atoms with Crippen LogP contribution in [-0.2, 0) is 16.4 Å². The normalized spacial score (nSPS) is 12.3. The molecule has 0 aliphatic rings. The second-order valence-electron chi connectivity index (χ2n) is 7.08. The van der Waals surface area contributed by atoms with Crippen molar-refractivity contribution >= 4 is 15.8 Å². The van der Waals surface area contributed by atoms with Crippen LogP contribution in [-0.4, -0.2) is 46.1 Å². The van der Waals surface area contributed by atoms with E-state index in [2.05, 4.69) is 47.7 Å². The molecular weight excluding hydrogens is 362 g/mol. The number of guanidine groups is 1. The van der Waals surface area contributed by atoms with Gasteiger partial charge in [0, 0.05) is 31.5 Å². The Kier molecular flexibility index (Phi) is 10.2. The van der Waals surface area contributed by atoms with Crippen LogP contribution in [0, 0.1) is 12.8 Å².